The molecule has 1 aliphatic carbocycles. The fraction of sp³-hybridized carbons (Fsp3) is 0.875. The molecule has 74 valence electrons. The second-order valence-electron chi connectivity index (χ2n) is 3.75. The molecule has 5 heteroatoms. The van der Waals surface area contributed by atoms with E-state index in [9.17, 15) is 4.79 Å². The molecule has 3 N–H and O–H groups in total. The van der Waals surface area contributed by atoms with E-state index in [0.717, 1.165) is 12.8 Å². The number of aliphatic hydroxyl groups is 1. The number of carbonyl (C=O) groups is 1. The Hall–Kier alpha value is -0.545. The molecule has 0 aliphatic heterocycles. The highest BCUT2D eigenvalue weighted by molar-refractivity contribution is 6.11. The number of ether oxygens (including phenoxy) is 1. The third-order valence-electron chi connectivity index (χ3n) is 2.55. The second-order valence-corrected chi connectivity index (χ2v) is 3.75. The lowest BCUT2D eigenvalue weighted by Crippen LogP contribution is -2.28. The van der Waals surface area contributed by atoms with E-state index in [1.54, 1.807) is 0 Å². The SMILES string of the molecule is B[C@H]1C[C@@H](CO)[C@@H](OC(=O)CN)C1. The van der Waals surface area contributed by atoms with Gasteiger partial charge in [0.15, 0.2) is 0 Å². The molecule has 0 aromatic carbocycles. The van der Waals surface area contributed by atoms with Crippen molar-refractivity contribution >= 4 is 13.8 Å². The molecule has 0 aromatic heterocycles. The van der Waals surface area contributed by atoms with Crippen molar-refractivity contribution in [2.45, 2.75) is 24.8 Å². The Morgan fingerprint density at radius 2 is 2.31 bits per heavy atom. The van der Waals surface area contributed by atoms with E-state index in [2.05, 4.69) is 7.85 Å². The van der Waals surface area contributed by atoms with Gasteiger partial charge in [-0.05, 0) is 12.8 Å². The first-order valence-corrected chi connectivity index (χ1v) is 4.67. The number of esters is 1. The van der Waals surface area contributed by atoms with Crippen LogP contribution in [0.15, 0.2) is 0 Å². The quantitative estimate of drug-likeness (QED) is 0.422. The van der Waals surface area contributed by atoms with Gasteiger partial charge in [-0.3, -0.25) is 4.79 Å². The molecule has 0 aromatic rings. The average molecular weight is 185 g/mol. The van der Waals surface area contributed by atoms with E-state index in [4.69, 9.17) is 15.6 Å². The number of hydrogen-bond acceptors (Lipinski definition) is 4. The third kappa shape index (κ3) is 2.71. The van der Waals surface area contributed by atoms with Crippen LogP contribution in [0.2, 0.25) is 5.82 Å². The summed E-state index contributed by atoms with van der Waals surface area (Å²) in [4.78, 5) is 10.9. The zero-order valence-corrected chi connectivity index (χ0v) is 7.90. The summed E-state index contributed by atoms with van der Waals surface area (Å²) in [6.45, 7) is 0.00981. The van der Waals surface area contributed by atoms with Gasteiger partial charge < -0.3 is 15.6 Å². The molecule has 0 heterocycles. The Kier molecular flexibility index (Phi) is 3.75. The van der Waals surface area contributed by atoms with E-state index in [-0.39, 0.29) is 31.1 Å². The second kappa shape index (κ2) is 4.62. The summed E-state index contributed by atoms with van der Waals surface area (Å²) in [7, 11) is 2.10. The van der Waals surface area contributed by atoms with Crippen LogP contribution in [0.3, 0.4) is 0 Å². The molecule has 0 radical (unpaired) electrons. The molecule has 0 bridgehead atoms. The lowest BCUT2D eigenvalue weighted by atomic mass is 9.85. The summed E-state index contributed by atoms with van der Waals surface area (Å²) in [5, 5.41) is 9.02. The molecule has 0 unspecified atom stereocenters. The van der Waals surface area contributed by atoms with Gasteiger partial charge >= 0.3 is 5.97 Å². The van der Waals surface area contributed by atoms with Crippen molar-refractivity contribution in [3.05, 3.63) is 0 Å². The molecule has 4 nitrogen and oxygen atoms in total. The molecule has 1 aliphatic rings. The van der Waals surface area contributed by atoms with Crippen molar-refractivity contribution in [2.75, 3.05) is 13.2 Å². The maximum atomic E-state index is 10.9. The van der Waals surface area contributed by atoms with Crippen molar-refractivity contribution in [1.29, 1.82) is 0 Å². The van der Waals surface area contributed by atoms with Crippen LogP contribution in [-0.4, -0.2) is 38.2 Å². The van der Waals surface area contributed by atoms with Gasteiger partial charge in [-0.15, -0.1) is 0 Å². The Balaban J connectivity index is 2.43. The minimum absolute atomic E-state index is 0.0803. The maximum absolute atomic E-state index is 10.9. The number of carbonyl (C=O) groups excluding carboxylic acids is 1. The molecule has 13 heavy (non-hydrogen) atoms. The van der Waals surface area contributed by atoms with Crippen LogP contribution < -0.4 is 5.73 Å². The molecule has 1 saturated carbocycles. The third-order valence-corrected chi connectivity index (χ3v) is 2.55. The van der Waals surface area contributed by atoms with Gasteiger partial charge in [-0.2, -0.15) is 0 Å². The predicted octanol–water partition coefficient (Wildman–Crippen LogP) is -1.32. The van der Waals surface area contributed by atoms with Crippen molar-refractivity contribution in [3.63, 3.8) is 0 Å². The Labute approximate surface area is 78.8 Å². The highest BCUT2D eigenvalue weighted by Crippen LogP contribution is 2.34. The van der Waals surface area contributed by atoms with E-state index in [1.165, 1.54) is 0 Å². The smallest absolute Gasteiger partial charge is 0.319 e. The van der Waals surface area contributed by atoms with Gasteiger partial charge in [-0.25, -0.2) is 0 Å². The van der Waals surface area contributed by atoms with E-state index in [1.807, 2.05) is 0 Å². The van der Waals surface area contributed by atoms with Crippen LogP contribution in [0.5, 0.6) is 0 Å². The zero-order chi connectivity index (χ0) is 9.84. The van der Waals surface area contributed by atoms with Crippen molar-refractivity contribution in [1.82, 2.24) is 0 Å². The van der Waals surface area contributed by atoms with Gasteiger partial charge in [0, 0.05) is 12.5 Å². The molecule has 1 fully saturated rings. The lowest BCUT2D eigenvalue weighted by molar-refractivity contribution is -0.149. The van der Waals surface area contributed by atoms with Gasteiger partial charge in [0.05, 0.1) is 6.54 Å². The standard InChI is InChI=1S/C8H16BNO3/c9-6-1-5(4-11)7(2-6)13-8(12)3-10/h5-7,11H,1-4,9-10H2/t5-,6-,7-/m0/s1. The van der Waals surface area contributed by atoms with E-state index < -0.39 is 0 Å². The lowest BCUT2D eigenvalue weighted by Gasteiger charge is -2.17. The van der Waals surface area contributed by atoms with E-state index in [0.29, 0.717) is 5.82 Å². The Bertz CT molecular complexity index is 188. The fourth-order valence-electron chi connectivity index (χ4n) is 1.91. The highest BCUT2D eigenvalue weighted by atomic mass is 16.5. The van der Waals surface area contributed by atoms with E-state index >= 15 is 0 Å². The minimum atomic E-state index is -0.377. The molecule has 1 rings (SSSR count). The zero-order valence-electron chi connectivity index (χ0n) is 7.90. The van der Waals surface area contributed by atoms with Crippen LogP contribution in [0, 0.1) is 5.92 Å². The summed E-state index contributed by atoms with van der Waals surface area (Å²) in [6, 6.07) is 0. The molecule has 0 spiro atoms. The maximum Gasteiger partial charge on any atom is 0.319 e. The highest BCUT2D eigenvalue weighted by Gasteiger charge is 2.33. The van der Waals surface area contributed by atoms with Gasteiger partial charge in [0.2, 0.25) is 0 Å². The van der Waals surface area contributed by atoms with Crippen LogP contribution in [0.25, 0.3) is 0 Å². The van der Waals surface area contributed by atoms with Gasteiger partial charge in [0.1, 0.15) is 14.0 Å². The van der Waals surface area contributed by atoms with Crippen molar-refractivity contribution in [2.24, 2.45) is 11.7 Å². The summed E-state index contributed by atoms with van der Waals surface area (Å²) in [5.41, 5.74) is 5.13. The normalized spacial score (nSPS) is 33.2. The number of rotatable bonds is 3. The summed E-state index contributed by atoms with van der Waals surface area (Å²) >= 11 is 0. The van der Waals surface area contributed by atoms with Gasteiger partial charge in [-0.1, -0.05) is 5.82 Å². The monoisotopic (exact) mass is 185 g/mol. The first kappa shape index (κ1) is 10.5. The van der Waals surface area contributed by atoms with Crippen molar-refractivity contribution < 1.29 is 14.6 Å². The largest absolute Gasteiger partial charge is 0.461 e. The van der Waals surface area contributed by atoms with Crippen LogP contribution >= 0.6 is 0 Å². The fourth-order valence-corrected chi connectivity index (χ4v) is 1.91. The molecule has 3 atom stereocenters. The van der Waals surface area contributed by atoms with Crippen molar-refractivity contribution in [3.8, 4) is 0 Å². The number of hydrogen-bond donors (Lipinski definition) is 2. The summed E-state index contributed by atoms with van der Waals surface area (Å²) < 4.78 is 5.11. The van der Waals surface area contributed by atoms with Crippen LogP contribution in [0.4, 0.5) is 0 Å². The molecule has 0 amide bonds. The molecule has 0 saturated heterocycles. The molecular weight excluding hydrogens is 169 g/mol. The van der Waals surface area contributed by atoms with Crippen LogP contribution in [0.1, 0.15) is 12.8 Å². The predicted molar refractivity (Wildman–Crippen MR) is 51.0 cm³/mol. The first-order chi connectivity index (χ1) is 6.17. The molecular formula is C8H16BNO3. The number of aliphatic hydroxyl groups excluding tert-OH is 1. The van der Waals surface area contributed by atoms with Crippen LogP contribution in [-0.2, 0) is 9.53 Å². The Morgan fingerprint density at radius 1 is 1.62 bits per heavy atom. The number of nitrogens with two attached hydrogens (primary N) is 1. The summed E-state index contributed by atoms with van der Waals surface area (Å²) in [6.07, 6.45) is 1.65. The Morgan fingerprint density at radius 3 is 2.85 bits per heavy atom. The topological polar surface area (TPSA) is 72.5 Å². The minimum Gasteiger partial charge on any atom is -0.461 e. The van der Waals surface area contributed by atoms with Gasteiger partial charge in [0.25, 0.3) is 0 Å². The summed E-state index contributed by atoms with van der Waals surface area (Å²) in [5.74, 6) is 0.246. The average Bonchev–Trinajstić information content (AvgIpc) is 2.46. The first-order valence-electron chi connectivity index (χ1n) is 4.67.